The Balaban J connectivity index is 1.43. The van der Waals surface area contributed by atoms with Crippen LogP contribution in [0.25, 0.3) is 0 Å². The second kappa shape index (κ2) is 12.7. The van der Waals surface area contributed by atoms with E-state index >= 15 is 0 Å². The van der Waals surface area contributed by atoms with E-state index in [1.807, 2.05) is 41.3 Å². The van der Waals surface area contributed by atoms with Gasteiger partial charge in [-0.15, -0.1) is 0 Å². The van der Waals surface area contributed by atoms with E-state index in [-0.39, 0.29) is 24.4 Å². The number of rotatable bonds is 12. The number of aliphatic carboxylic acids is 1. The van der Waals surface area contributed by atoms with Gasteiger partial charge in [-0.25, -0.2) is 4.98 Å². The third-order valence-corrected chi connectivity index (χ3v) is 8.15. The SMILES string of the molecule is CCCCN(C(=O)CN1C[C@H](c2ccc3c(c2)CCO3)[C@@H](C(=O)O)[C@@H]1CCc1ncco1)c1cccc(CN)c1. The predicted octanol–water partition coefficient (Wildman–Crippen LogP) is 4.00. The first-order valence-corrected chi connectivity index (χ1v) is 14.2. The molecule has 2 aliphatic rings. The first-order valence-electron chi connectivity index (χ1n) is 14.2. The standard InChI is InChI=1S/C31H38N4O5/c1-2-3-13-35(24-6-4-5-21(16-24)18-32)29(36)20-34-19-25(22-7-9-27-23(17-22)11-14-39-27)30(31(37)38)26(34)8-10-28-33-12-15-40-28/h4-7,9,12,15-17,25-26,30H,2-3,8,10-11,13-14,18-20,32H2,1H3,(H,37,38)/t25-,26+,30-/m1/s1. The number of hydrogen-bond acceptors (Lipinski definition) is 7. The number of carboxylic acids is 1. The minimum absolute atomic E-state index is 0.0455. The van der Waals surface area contributed by atoms with Gasteiger partial charge in [-0.2, -0.15) is 0 Å². The Morgan fingerprint density at radius 2 is 2.10 bits per heavy atom. The van der Waals surface area contributed by atoms with E-state index in [9.17, 15) is 14.7 Å². The molecule has 40 heavy (non-hydrogen) atoms. The number of benzene rings is 2. The van der Waals surface area contributed by atoms with Crippen LogP contribution in [0.4, 0.5) is 5.69 Å². The van der Waals surface area contributed by atoms with E-state index in [4.69, 9.17) is 14.9 Å². The summed E-state index contributed by atoms with van der Waals surface area (Å²) >= 11 is 0. The molecule has 0 spiro atoms. The number of aryl methyl sites for hydroxylation is 1. The largest absolute Gasteiger partial charge is 0.493 e. The Hall–Kier alpha value is -3.69. The molecule has 9 heteroatoms. The van der Waals surface area contributed by atoms with Crippen molar-refractivity contribution in [2.24, 2.45) is 11.7 Å². The van der Waals surface area contributed by atoms with Crippen molar-refractivity contribution in [1.29, 1.82) is 0 Å². The fraction of sp³-hybridized carbons (Fsp3) is 0.452. The number of nitrogens with zero attached hydrogens (tertiary/aromatic N) is 3. The maximum Gasteiger partial charge on any atom is 0.308 e. The Morgan fingerprint density at radius 3 is 2.85 bits per heavy atom. The third-order valence-electron chi connectivity index (χ3n) is 8.15. The maximum atomic E-state index is 13.9. The number of unbranched alkanes of at least 4 members (excludes halogenated alkanes) is 1. The highest BCUT2D eigenvalue weighted by Gasteiger charge is 2.47. The quantitative estimate of drug-likeness (QED) is 0.350. The van der Waals surface area contributed by atoms with Gasteiger partial charge < -0.3 is 24.9 Å². The molecule has 0 saturated carbocycles. The van der Waals surface area contributed by atoms with Crippen LogP contribution in [0.2, 0.25) is 0 Å². The van der Waals surface area contributed by atoms with Crippen molar-refractivity contribution >= 4 is 17.6 Å². The van der Waals surface area contributed by atoms with Gasteiger partial charge in [-0.05, 0) is 47.7 Å². The molecule has 3 aromatic rings. The van der Waals surface area contributed by atoms with Crippen molar-refractivity contribution in [2.45, 2.75) is 57.5 Å². The average molecular weight is 547 g/mol. The van der Waals surface area contributed by atoms with Gasteiger partial charge in [0, 0.05) is 50.1 Å². The minimum Gasteiger partial charge on any atom is -0.493 e. The maximum absolute atomic E-state index is 13.9. The molecular weight excluding hydrogens is 508 g/mol. The van der Waals surface area contributed by atoms with Crippen LogP contribution in [-0.4, -0.2) is 59.1 Å². The summed E-state index contributed by atoms with van der Waals surface area (Å²) in [6, 6.07) is 13.4. The molecule has 1 aromatic heterocycles. The lowest BCUT2D eigenvalue weighted by Crippen LogP contribution is -2.44. The normalized spacial score (nSPS) is 20.3. The van der Waals surface area contributed by atoms with Gasteiger partial charge >= 0.3 is 5.97 Å². The Morgan fingerprint density at radius 1 is 1.23 bits per heavy atom. The number of aromatic nitrogens is 1. The van der Waals surface area contributed by atoms with Gasteiger partial charge in [0.15, 0.2) is 5.89 Å². The molecule has 0 aliphatic carbocycles. The van der Waals surface area contributed by atoms with Crippen LogP contribution in [-0.2, 0) is 29.0 Å². The molecular formula is C31H38N4O5. The first-order chi connectivity index (χ1) is 19.5. The third kappa shape index (κ3) is 6.05. The molecule has 2 aromatic carbocycles. The van der Waals surface area contributed by atoms with Crippen LogP contribution in [0, 0.1) is 5.92 Å². The summed E-state index contributed by atoms with van der Waals surface area (Å²) in [6.45, 7) is 4.33. The van der Waals surface area contributed by atoms with Gasteiger partial charge in [-0.3, -0.25) is 14.5 Å². The number of nitrogens with two attached hydrogens (primary N) is 1. The molecule has 0 unspecified atom stereocenters. The number of carbonyl (C=O) groups is 2. The van der Waals surface area contributed by atoms with Gasteiger partial charge in [0.05, 0.1) is 25.3 Å². The lowest BCUT2D eigenvalue weighted by atomic mass is 9.83. The molecule has 5 rings (SSSR count). The van der Waals surface area contributed by atoms with Crippen LogP contribution in [0.3, 0.4) is 0 Å². The van der Waals surface area contributed by atoms with Crippen LogP contribution >= 0.6 is 0 Å². The molecule has 212 valence electrons. The van der Waals surface area contributed by atoms with Crippen LogP contribution in [0.5, 0.6) is 5.75 Å². The molecule has 3 atom stereocenters. The Labute approximate surface area is 234 Å². The zero-order valence-electron chi connectivity index (χ0n) is 23.0. The number of fused-ring (bicyclic) bond motifs is 1. The highest BCUT2D eigenvalue weighted by atomic mass is 16.5. The van der Waals surface area contributed by atoms with Crippen molar-refractivity contribution in [2.75, 3.05) is 31.1 Å². The minimum atomic E-state index is -0.854. The van der Waals surface area contributed by atoms with Gasteiger partial charge in [0.25, 0.3) is 0 Å². The zero-order chi connectivity index (χ0) is 28.1. The first kappa shape index (κ1) is 27.9. The molecule has 3 N–H and O–H groups in total. The smallest absolute Gasteiger partial charge is 0.308 e. The molecule has 0 bridgehead atoms. The lowest BCUT2D eigenvalue weighted by molar-refractivity contribution is -0.143. The van der Waals surface area contributed by atoms with Crippen LogP contribution in [0.15, 0.2) is 59.3 Å². The van der Waals surface area contributed by atoms with Crippen LogP contribution in [0.1, 0.15) is 54.7 Å². The van der Waals surface area contributed by atoms with Crippen molar-refractivity contribution in [1.82, 2.24) is 9.88 Å². The molecule has 9 nitrogen and oxygen atoms in total. The van der Waals surface area contributed by atoms with Crippen molar-refractivity contribution in [3.05, 3.63) is 77.5 Å². The lowest BCUT2D eigenvalue weighted by Gasteiger charge is -2.30. The van der Waals surface area contributed by atoms with Crippen molar-refractivity contribution in [3.8, 4) is 5.75 Å². The Kier molecular flexibility index (Phi) is 8.81. The monoisotopic (exact) mass is 546 g/mol. The number of amides is 1. The number of anilines is 1. The predicted molar refractivity (Wildman–Crippen MR) is 151 cm³/mol. The summed E-state index contributed by atoms with van der Waals surface area (Å²) in [5.41, 5.74) is 9.75. The van der Waals surface area contributed by atoms with Gasteiger partial charge in [0.1, 0.15) is 12.0 Å². The van der Waals surface area contributed by atoms with E-state index in [2.05, 4.69) is 22.9 Å². The van der Waals surface area contributed by atoms with E-state index < -0.39 is 11.9 Å². The van der Waals surface area contributed by atoms with Crippen molar-refractivity contribution < 1.29 is 23.8 Å². The molecule has 1 saturated heterocycles. The summed E-state index contributed by atoms with van der Waals surface area (Å²) in [7, 11) is 0. The second-order valence-electron chi connectivity index (χ2n) is 10.7. The fourth-order valence-corrected chi connectivity index (χ4v) is 6.10. The average Bonchev–Trinajstić information content (AvgIpc) is 3.72. The van der Waals surface area contributed by atoms with E-state index in [1.165, 1.54) is 6.26 Å². The van der Waals surface area contributed by atoms with Gasteiger partial charge in [0.2, 0.25) is 5.91 Å². The summed E-state index contributed by atoms with van der Waals surface area (Å²) < 4.78 is 11.1. The van der Waals surface area contributed by atoms with E-state index in [0.29, 0.717) is 45.0 Å². The highest BCUT2D eigenvalue weighted by Crippen LogP contribution is 2.41. The molecule has 1 amide bonds. The van der Waals surface area contributed by atoms with E-state index in [0.717, 1.165) is 47.4 Å². The van der Waals surface area contributed by atoms with Gasteiger partial charge in [-0.1, -0.05) is 37.6 Å². The van der Waals surface area contributed by atoms with E-state index in [1.54, 1.807) is 6.20 Å². The zero-order valence-corrected chi connectivity index (χ0v) is 23.0. The fourth-order valence-electron chi connectivity index (χ4n) is 6.10. The second-order valence-corrected chi connectivity index (χ2v) is 10.7. The van der Waals surface area contributed by atoms with Crippen molar-refractivity contribution in [3.63, 3.8) is 0 Å². The summed E-state index contributed by atoms with van der Waals surface area (Å²) in [6.07, 6.45) is 6.77. The number of ether oxygens (including phenoxy) is 1. The topological polar surface area (TPSA) is 122 Å². The number of hydrogen-bond donors (Lipinski definition) is 2. The number of oxazole rings is 1. The Bertz CT molecular complexity index is 1310. The summed E-state index contributed by atoms with van der Waals surface area (Å²) in [5, 5.41) is 10.5. The number of carbonyl (C=O) groups excluding carboxylic acids is 1. The summed E-state index contributed by atoms with van der Waals surface area (Å²) in [5.74, 6) is -0.393. The molecule has 0 radical (unpaired) electrons. The molecule has 1 fully saturated rings. The summed E-state index contributed by atoms with van der Waals surface area (Å²) in [4.78, 5) is 34.8. The molecule has 2 aliphatic heterocycles. The number of likely N-dealkylation sites (tertiary alicyclic amines) is 1. The van der Waals surface area contributed by atoms with Crippen LogP contribution < -0.4 is 15.4 Å². The highest BCUT2D eigenvalue weighted by molar-refractivity contribution is 5.95. The molecule has 3 heterocycles. The number of carboxylic acid groups (broad SMARTS) is 1.